The summed E-state index contributed by atoms with van der Waals surface area (Å²) < 4.78 is 15.7. The Morgan fingerprint density at radius 2 is 1.92 bits per heavy atom. The van der Waals surface area contributed by atoms with Crippen LogP contribution >= 0.6 is 0 Å². The number of ether oxygens (including phenoxy) is 3. The van der Waals surface area contributed by atoms with Gasteiger partial charge in [-0.3, -0.25) is 0 Å². The second-order valence-electron chi connectivity index (χ2n) is 6.69. The van der Waals surface area contributed by atoms with Crippen LogP contribution in [-0.4, -0.2) is 36.5 Å². The molecule has 3 atom stereocenters. The zero-order chi connectivity index (χ0) is 17.7. The van der Waals surface area contributed by atoms with Crippen molar-refractivity contribution in [3.63, 3.8) is 0 Å². The highest BCUT2D eigenvalue weighted by Crippen LogP contribution is 2.32. The van der Waals surface area contributed by atoms with Gasteiger partial charge in [-0.1, -0.05) is 30.3 Å². The molecule has 0 saturated carbocycles. The van der Waals surface area contributed by atoms with E-state index in [1.807, 2.05) is 51.1 Å². The first-order valence-corrected chi connectivity index (χ1v) is 8.16. The van der Waals surface area contributed by atoms with Crippen LogP contribution in [0.25, 0.3) is 0 Å². The van der Waals surface area contributed by atoms with Gasteiger partial charge in [0.25, 0.3) is 0 Å². The largest absolute Gasteiger partial charge is 0.464 e. The van der Waals surface area contributed by atoms with Crippen LogP contribution in [-0.2, 0) is 19.0 Å². The van der Waals surface area contributed by atoms with Crippen LogP contribution in [0.3, 0.4) is 0 Å². The maximum atomic E-state index is 12.1. The van der Waals surface area contributed by atoms with Gasteiger partial charge in [0.05, 0.1) is 18.8 Å². The number of rotatable bonds is 6. The van der Waals surface area contributed by atoms with Crippen LogP contribution < -0.4 is 5.32 Å². The minimum atomic E-state index is -0.575. The number of nitrogens with one attached hydrogen (secondary N) is 1. The second kappa shape index (κ2) is 7.66. The molecule has 6 nitrogen and oxygen atoms in total. The first-order chi connectivity index (χ1) is 11.3. The molecule has 1 aromatic rings. The molecule has 0 aliphatic carbocycles. The lowest BCUT2D eigenvalue weighted by atomic mass is 10.0. The van der Waals surface area contributed by atoms with Crippen molar-refractivity contribution in [2.24, 2.45) is 0 Å². The third kappa shape index (κ3) is 5.53. The van der Waals surface area contributed by atoms with E-state index < -0.39 is 17.8 Å². The molecule has 6 heteroatoms. The van der Waals surface area contributed by atoms with E-state index in [-0.39, 0.29) is 18.1 Å². The highest BCUT2D eigenvalue weighted by Gasteiger charge is 2.47. The molecule has 2 unspecified atom stereocenters. The summed E-state index contributed by atoms with van der Waals surface area (Å²) in [5, 5.41) is 2.86. The maximum absolute atomic E-state index is 12.1. The lowest BCUT2D eigenvalue weighted by Crippen LogP contribution is -2.35. The number of carbonyl (C=O) groups excluding carboxylic acids is 2. The lowest BCUT2D eigenvalue weighted by Gasteiger charge is -2.23. The number of amides is 1. The van der Waals surface area contributed by atoms with E-state index in [1.54, 1.807) is 6.92 Å². The number of benzene rings is 1. The van der Waals surface area contributed by atoms with Gasteiger partial charge in [-0.05, 0) is 33.3 Å². The Bertz CT molecular complexity index is 567. The van der Waals surface area contributed by atoms with Crippen molar-refractivity contribution in [3.05, 3.63) is 35.9 Å². The van der Waals surface area contributed by atoms with Crippen LogP contribution in [0.5, 0.6) is 0 Å². The van der Waals surface area contributed by atoms with Crippen LogP contribution in [0.4, 0.5) is 4.79 Å². The number of hydrogen-bond donors (Lipinski definition) is 1. The third-order valence-electron chi connectivity index (χ3n) is 3.46. The van der Waals surface area contributed by atoms with Crippen LogP contribution in [0.15, 0.2) is 30.3 Å². The molecule has 0 aromatic heterocycles. The van der Waals surface area contributed by atoms with E-state index >= 15 is 0 Å². The Morgan fingerprint density at radius 3 is 2.50 bits per heavy atom. The molecule has 0 radical (unpaired) electrons. The van der Waals surface area contributed by atoms with Gasteiger partial charge < -0.3 is 19.5 Å². The molecule has 24 heavy (non-hydrogen) atoms. The van der Waals surface area contributed by atoms with Gasteiger partial charge in [0, 0.05) is 6.42 Å². The van der Waals surface area contributed by atoms with E-state index in [2.05, 4.69) is 5.32 Å². The average molecular weight is 335 g/mol. The molecule has 1 saturated heterocycles. The molecule has 0 spiro atoms. The topological polar surface area (TPSA) is 77.2 Å². The summed E-state index contributed by atoms with van der Waals surface area (Å²) in [4.78, 5) is 23.8. The fourth-order valence-corrected chi connectivity index (χ4v) is 2.40. The average Bonchev–Trinajstić information content (AvgIpc) is 3.25. The molecule has 1 aliphatic rings. The summed E-state index contributed by atoms with van der Waals surface area (Å²) in [5.74, 6) is -0.355. The van der Waals surface area contributed by atoms with Crippen molar-refractivity contribution < 1.29 is 23.8 Å². The summed E-state index contributed by atoms with van der Waals surface area (Å²) in [6.45, 7) is 7.51. The van der Waals surface area contributed by atoms with Crippen molar-refractivity contribution in [1.82, 2.24) is 5.32 Å². The summed E-state index contributed by atoms with van der Waals surface area (Å²) in [6.07, 6.45) is -0.822. The molecule has 2 rings (SSSR count). The van der Waals surface area contributed by atoms with Crippen molar-refractivity contribution in [3.8, 4) is 0 Å². The predicted octanol–water partition coefficient (Wildman–Crippen LogP) is 2.97. The van der Waals surface area contributed by atoms with Gasteiger partial charge in [-0.15, -0.1) is 0 Å². The van der Waals surface area contributed by atoms with Crippen LogP contribution in [0.2, 0.25) is 0 Å². The number of carbonyl (C=O) groups is 2. The Labute approximate surface area is 142 Å². The van der Waals surface area contributed by atoms with Gasteiger partial charge in [-0.2, -0.15) is 0 Å². The summed E-state index contributed by atoms with van der Waals surface area (Å²) in [7, 11) is 0. The molecule has 0 bridgehead atoms. The highest BCUT2D eigenvalue weighted by atomic mass is 16.6. The molecule has 1 aromatic carbocycles. The number of epoxide rings is 1. The summed E-state index contributed by atoms with van der Waals surface area (Å²) in [5.41, 5.74) is 0.357. The first kappa shape index (κ1) is 18.3. The second-order valence-corrected chi connectivity index (χ2v) is 6.69. The molecule has 1 N–H and O–H groups in total. The number of alkyl carbamates (subject to hydrolysis) is 1. The number of hydrogen-bond acceptors (Lipinski definition) is 5. The van der Waals surface area contributed by atoms with E-state index in [9.17, 15) is 9.59 Å². The Hall–Kier alpha value is -2.08. The maximum Gasteiger partial charge on any atom is 0.408 e. The van der Waals surface area contributed by atoms with E-state index in [0.29, 0.717) is 13.0 Å². The molecule has 1 fully saturated rings. The predicted molar refractivity (Wildman–Crippen MR) is 88.5 cm³/mol. The molecule has 1 amide bonds. The van der Waals surface area contributed by atoms with E-state index in [1.165, 1.54) is 0 Å². The normalized spacial score (nSPS) is 20.8. The third-order valence-corrected chi connectivity index (χ3v) is 3.46. The minimum Gasteiger partial charge on any atom is -0.464 e. The van der Waals surface area contributed by atoms with Crippen LogP contribution in [0.1, 0.15) is 45.7 Å². The molecule has 1 heterocycles. The number of esters is 1. The fraction of sp³-hybridized carbons (Fsp3) is 0.556. The fourth-order valence-electron chi connectivity index (χ4n) is 2.40. The summed E-state index contributed by atoms with van der Waals surface area (Å²) >= 11 is 0. The van der Waals surface area contributed by atoms with Crippen molar-refractivity contribution in [1.29, 1.82) is 0 Å². The highest BCUT2D eigenvalue weighted by molar-refractivity contribution is 5.78. The van der Waals surface area contributed by atoms with Gasteiger partial charge in [0.15, 0.2) is 6.10 Å². The SMILES string of the molecule is CCOC(=O)C1O[C@@H]1CC(NC(=O)OC(C)(C)C)c1ccccc1. The first-order valence-electron chi connectivity index (χ1n) is 8.16. The zero-order valence-corrected chi connectivity index (χ0v) is 14.6. The smallest absolute Gasteiger partial charge is 0.408 e. The van der Waals surface area contributed by atoms with Crippen molar-refractivity contribution in [2.45, 2.75) is 58.0 Å². The molecular formula is C18H25NO5. The Morgan fingerprint density at radius 1 is 1.25 bits per heavy atom. The van der Waals surface area contributed by atoms with E-state index in [4.69, 9.17) is 14.2 Å². The molecule has 1 aliphatic heterocycles. The molecule has 132 valence electrons. The summed E-state index contributed by atoms with van der Waals surface area (Å²) in [6, 6.07) is 9.24. The monoisotopic (exact) mass is 335 g/mol. The van der Waals surface area contributed by atoms with Crippen molar-refractivity contribution >= 4 is 12.1 Å². The minimum absolute atomic E-state index is 0.260. The quantitative estimate of drug-likeness (QED) is 0.639. The van der Waals surface area contributed by atoms with Gasteiger partial charge in [-0.25, -0.2) is 9.59 Å². The van der Waals surface area contributed by atoms with Gasteiger partial charge in [0.1, 0.15) is 5.60 Å². The Balaban J connectivity index is 2.00. The zero-order valence-electron chi connectivity index (χ0n) is 14.6. The Kier molecular flexibility index (Phi) is 5.83. The van der Waals surface area contributed by atoms with E-state index in [0.717, 1.165) is 5.56 Å². The lowest BCUT2D eigenvalue weighted by molar-refractivity contribution is -0.144. The van der Waals surface area contributed by atoms with Crippen LogP contribution in [0, 0.1) is 0 Å². The standard InChI is InChI=1S/C18H25NO5/c1-5-22-16(20)15-14(23-15)11-13(12-9-7-6-8-10-12)19-17(21)24-18(2,3)4/h6-10,13-15H,5,11H2,1-4H3,(H,19,21)/t13?,14-,15?/m1/s1. The van der Waals surface area contributed by atoms with Gasteiger partial charge in [0.2, 0.25) is 0 Å². The molecular weight excluding hydrogens is 310 g/mol. The van der Waals surface area contributed by atoms with Gasteiger partial charge >= 0.3 is 12.1 Å². The van der Waals surface area contributed by atoms with Crippen molar-refractivity contribution in [2.75, 3.05) is 6.61 Å².